The molecule has 1 aliphatic carbocycles. The smallest absolute Gasteiger partial charge is 0.352 e. The van der Waals surface area contributed by atoms with Crippen molar-refractivity contribution >= 4 is 11.8 Å². The summed E-state index contributed by atoms with van der Waals surface area (Å²) in [6, 6.07) is 8.39. The number of benzene rings is 1. The van der Waals surface area contributed by atoms with Gasteiger partial charge in [0.2, 0.25) is 11.8 Å². The van der Waals surface area contributed by atoms with Gasteiger partial charge in [0, 0.05) is 30.4 Å². The van der Waals surface area contributed by atoms with Crippen LogP contribution >= 0.6 is 0 Å². The highest BCUT2D eigenvalue weighted by Crippen LogP contribution is 2.36. The molecule has 2 amide bonds. The van der Waals surface area contributed by atoms with Crippen LogP contribution in [0, 0.1) is 23.7 Å². The van der Waals surface area contributed by atoms with Crippen LogP contribution in [0.4, 0.5) is 13.2 Å². The first-order valence-electron chi connectivity index (χ1n) is 11.6. The summed E-state index contributed by atoms with van der Waals surface area (Å²) in [4.78, 5) is 29.0. The maximum Gasteiger partial charge on any atom is 0.416 e. The molecule has 2 fully saturated rings. The molecule has 184 valence electrons. The molecule has 2 aliphatic rings. The topological polar surface area (TPSA) is 83.1 Å². The number of aromatic nitrogens is 1. The first kappa shape index (κ1) is 24.7. The number of hydrogen-bond donors (Lipinski definition) is 3. The van der Waals surface area contributed by atoms with Gasteiger partial charge in [-0.05, 0) is 48.6 Å². The maximum atomic E-state index is 13.8. The summed E-state index contributed by atoms with van der Waals surface area (Å²) in [5.41, 5.74) is 0.637. The van der Waals surface area contributed by atoms with Gasteiger partial charge >= 0.3 is 6.18 Å². The molecule has 1 aromatic carbocycles. The molecule has 35 heavy (non-hydrogen) atoms. The van der Waals surface area contributed by atoms with Crippen LogP contribution in [-0.2, 0) is 22.3 Å². The van der Waals surface area contributed by atoms with Crippen molar-refractivity contribution in [1.29, 1.82) is 0 Å². The summed E-state index contributed by atoms with van der Waals surface area (Å²) in [6.07, 6.45) is -3.50. The van der Waals surface area contributed by atoms with Gasteiger partial charge in [-0.25, -0.2) is 4.98 Å². The third kappa shape index (κ3) is 6.40. The molecule has 1 aliphatic heterocycles. The highest BCUT2D eigenvalue weighted by atomic mass is 19.4. The zero-order chi connectivity index (χ0) is 25.2. The van der Waals surface area contributed by atoms with Gasteiger partial charge in [-0.1, -0.05) is 31.9 Å². The SMILES string of the molecule is CC(C)C(=O)NCc1ccc(C(F)(F)F)c(C2NC(=O)CC(c3cccc(C#CC4CC4)n3)N2)c1. The molecule has 2 atom stereocenters. The first-order chi connectivity index (χ1) is 16.6. The van der Waals surface area contributed by atoms with E-state index in [1.807, 2.05) is 0 Å². The summed E-state index contributed by atoms with van der Waals surface area (Å²) >= 11 is 0. The zero-order valence-electron chi connectivity index (χ0n) is 19.5. The zero-order valence-corrected chi connectivity index (χ0v) is 19.5. The van der Waals surface area contributed by atoms with Crippen molar-refractivity contribution in [3.8, 4) is 11.8 Å². The third-order valence-corrected chi connectivity index (χ3v) is 5.90. The molecule has 0 bridgehead atoms. The second-order valence-electron chi connectivity index (χ2n) is 9.21. The Balaban J connectivity index is 1.60. The van der Waals surface area contributed by atoms with E-state index in [9.17, 15) is 22.8 Å². The van der Waals surface area contributed by atoms with E-state index in [1.54, 1.807) is 32.0 Å². The van der Waals surface area contributed by atoms with E-state index in [-0.39, 0.29) is 36.3 Å². The third-order valence-electron chi connectivity index (χ3n) is 5.90. The van der Waals surface area contributed by atoms with E-state index in [4.69, 9.17) is 0 Å². The molecule has 9 heteroatoms. The number of alkyl halides is 3. The lowest BCUT2D eigenvalue weighted by Crippen LogP contribution is -2.47. The summed E-state index contributed by atoms with van der Waals surface area (Å²) in [6.45, 7) is 3.54. The lowest BCUT2D eigenvalue weighted by molar-refractivity contribution is -0.139. The minimum Gasteiger partial charge on any atom is -0.352 e. The predicted molar refractivity (Wildman–Crippen MR) is 123 cm³/mol. The van der Waals surface area contributed by atoms with E-state index in [0.717, 1.165) is 18.9 Å². The van der Waals surface area contributed by atoms with E-state index in [2.05, 4.69) is 32.8 Å². The number of nitrogens with zero attached hydrogens (tertiary/aromatic N) is 1. The number of rotatable bonds is 5. The van der Waals surface area contributed by atoms with E-state index >= 15 is 0 Å². The van der Waals surface area contributed by atoms with Crippen molar-refractivity contribution in [3.63, 3.8) is 0 Å². The Morgan fingerprint density at radius 2 is 2.00 bits per heavy atom. The van der Waals surface area contributed by atoms with Crippen molar-refractivity contribution in [3.05, 3.63) is 64.5 Å². The standard InChI is InChI=1S/C26H27F3N4O2/c1-15(2)25(35)30-14-17-9-11-20(26(27,28)29)19(12-17)24-32-22(13-23(34)33-24)21-5-3-4-18(31-21)10-8-16-6-7-16/h3-5,9,11-12,15-16,22,24,32H,6-7,13-14H2,1-2H3,(H,30,35)(H,33,34). The number of nitrogens with one attached hydrogen (secondary N) is 3. The lowest BCUT2D eigenvalue weighted by atomic mass is 9.97. The molecular weight excluding hydrogens is 457 g/mol. The molecule has 1 saturated carbocycles. The summed E-state index contributed by atoms with van der Waals surface area (Å²) in [5.74, 6) is 5.74. The second kappa shape index (κ2) is 10.1. The monoisotopic (exact) mass is 484 g/mol. The number of hydrogen-bond acceptors (Lipinski definition) is 4. The van der Waals surface area contributed by atoms with Crippen LogP contribution in [0.15, 0.2) is 36.4 Å². The van der Waals surface area contributed by atoms with Gasteiger partial charge in [-0.15, -0.1) is 0 Å². The molecular formula is C26H27F3N4O2. The average molecular weight is 485 g/mol. The molecule has 1 saturated heterocycles. The fraction of sp³-hybridized carbons (Fsp3) is 0.423. The molecule has 1 aromatic heterocycles. The van der Waals surface area contributed by atoms with E-state index in [1.165, 1.54) is 12.1 Å². The molecule has 2 heterocycles. The van der Waals surface area contributed by atoms with E-state index < -0.39 is 23.9 Å². The summed E-state index contributed by atoms with van der Waals surface area (Å²) in [7, 11) is 0. The fourth-order valence-electron chi connectivity index (χ4n) is 3.80. The average Bonchev–Trinajstić information content (AvgIpc) is 3.65. The highest BCUT2D eigenvalue weighted by molar-refractivity contribution is 5.78. The first-order valence-corrected chi connectivity index (χ1v) is 11.6. The molecule has 2 unspecified atom stereocenters. The minimum absolute atomic E-state index is 0.0362. The highest BCUT2D eigenvalue weighted by Gasteiger charge is 2.38. The molecule has 2 aromatic rings. The Labute approximate surface area is 202 Å². The minimum atomic E-state index is -4.62. The van der Waals surface area contributed by atoms with Crippen LogP contribution in [0.25, 0.3) is 0 Å². The van der Waals surface area contributed by atoms with Crippen molar-refractivity contribution in [2.75, 3.05) is 0 Å². The molecule has 0 radical (unpaired) electrons. The maximum absolute atomic E-state index is 13.8. The van der Waals surface area contributed by atoms with Crippen LogP contribution in [0.1, 0.15) is 73.4 Å². The number of amides is 2. The van der Waals surface area contributed by atoms with Crippen molar-refractivity contribution in [2.45, 2.75) is 58.0 Å². The Kier molecular flexibility index (Phi) is 7.13. The van der Waals surface area contributed by atoms with Gasteiger partial charge < -0.3 is 10.6 Å². The fourth-order valence-corrected chi connectivity index (χ4v) is 3.80. The van der Waals surface area contributed by atoms with Gasteiger partial charge in [-0.3, -0.25) is 14.9 Å². The van der Waals surface area contributed by atoms with Crippen LogP contribution in [0.5, 0.6) is 0 Å². The Morgan fingerprint density at radius 3 is 2.69 bits per heavy atom. The van der Waals surface area contributed by atoms with Gasteiger partial charge in [-0.2, -0.15) is 13.2 Å². The van der Waals surface area contributed by atoms with Crippen LogP contribution in [-0.4, -0.2) is 16.8 Å². The van der Waals surface area contributed by atoms with E-state index in [0.29, 0.717) is 22.9 Å². The number of pyridine rings is 1. The van der Waals surface area contributed by atoms with Crippen LogP contribution < -0.4 is 16.0 Å². The van der Waals surface area contributed by atoms with Crippen LogP contribution in [0.2, 0.25) is 0 Å². The number of halogens is 3. The van der Waals surface area contributed by atoms with Crippen molar-refractivity contribution in [1.82, 2.24) is 20.9 Å². The van der Waals surface area contributed by atoms with Gasteiger partial charge in [0.25, 0.3) is 0 Å². The molecule has 6 nitrogen and oxygen atoms in total. The molecule has 4 rings (SSSR count). The normalized spacial score (nSPS) is 20.1. The molecule has 3 N–H and O–H groups in total. The number of carbonyl (C=O) groups is 2. The largest absolute Gasteiger partial charge is 0.416 e. The second-order valence-corrected chi connectivity index (χ2v) is 9.21. The summed E-state index contributed by atoms with van der Waals surface area (Å²) < 4.78 is 41.5. The van der Waals surface area contributed by atoms with Crippen LogP contribution in [0.3, 0.4) is 0 Å². The lowest BCUT2D eigenvalue weighted by Gasteiger charge is -2.33. The Hall–Kier alpha value is -3.38. The van der Waals surface area contributed by atoms with Gasteiger partial charge in [0.15, 0.2) is 0 Å². The van der Waals surface area contributed by atoms with Gasteiger partial charge in [0.05, 0.1) is 17.3 Å². The van der Waals surface area contributed by atoms with Crippen molar-refractivity contribution < 1.29 is 22.8 Å². The van der Waals surface area contributed by atoms with Crippen molar-refractivity contribution in [2.24, 2.45) is 11.8 Å². The summed E-state index contributed by atoms with van der Waals surface area (Å²) in [5, 5.41) is 8.45. The predicted octanol–water partition coefficient (Wildman–Crippen LogP) is 3.98. The van der Waals surface area contributed by atoms with Gasteiger partial charge in [0.1, 0.15) is 11.9 Å². The Bertz CT molecular complexity index is 1180. The molecule has 0 spiro atoms. The Morgan fingerprint density at radius 1 is 1.23 bits per heavy atom. The number of carbonyl (C=O) groups excluding carboxylic acids is 2. The quantitative estimate of drug-likeness (QED) is 0.561.